The van der Waals surface area contributed by atoms with E-state index in [1.54, 1.807) is 18.2 Å². The number of benzene rings is 2. The summed E-state index contributed by atoms with van der Waals surface area (Å²) in [6, 6.07) is 13.6. The zero-order valence-electron chi connectivity index (χ0n) is 14.9. The summed E-state index contributed by atoms with van der Waals surface area (Å²) in [5.74, 6) is 0.222. The minimum Gasteiger partial charge on any atom is -0.494 e. The summed E-state index contributed by atoms with van der Waals surface area (Å²) >= 11 is 0. The quantitative estimate of drug-likeness (QED) is 0.307. The molecule has 0 unspecified atom stereocenters. The minimum absolute atomic E-state index is 0.354. The number of esters is 2. The molecular weight excluding hydrogens is 332 g/mol. The minimum atomic E-state index is -0.501. The summed E-state index contributed by atoms with van der Waals surface area (Å²) in [5.41, 5.74) is 1.26. The van der Waals surface area contributed by atoms with Crippen LogP contribution in [0.3, 0.4) is 0 Å². The molecule has 0 aliphatic heterocycles. The van der Waals surface area contributed by atoms with Crippen molar-refractivity contribution in [2.24, 2.45) is 0 Å². The number of hydrogen-bond donors (Lipinski definition) is 0. The van der Waals surface area contributed by atoms with Crippen LogP contribution in [0.5, 0.6) is 11.5 Å². The van der Waals surface area contributed by atoms with Crippen molar-refractivity contribution in [3.63, 3.8) is 0 Å². The maximum atomic E-state index is 11.9. The molecule has 0 radical (unpaired) electrons. The van der Waals surface area contributed by atoms with Crippen LogP contribution in [0, 0.1) is 0 Å². The highest BCUT2D eigenvalue weighted by molar-refractivity contribution is 5.90. The van der Waals surface area contributed by atoms with Crippen LogP contribution < -0.4 is 9.47 Å². The largest absolute Gasteiger partial charge is 0.494 e. The maximum absolute atomic E-state index is 11.9. The number of ether oxygens (including phenoxy) is 3. The third kappa shape index (κ3) is 6.09. The molecule has 0 saturated heterocycles. The first kappa shape index (κ1) is 19.2. The highest BCUT2D eigenvalue weighted by atomic mass is 16.5. The van der Waals surface area contributed by atoms with E-state index in [2.05, 4.69) is 11.7 Å². The summed E-state index contributed by atoms with van der Waals surface area (Å²) in [5, 5.41) is 0. The molecule has 2 aromatic carbocycles. The lowest BCUT2D eigenvalue weighted by atomic mass is 10.2. The molecule has 0 atom stereocenters. The summed E-state index contributed by atoms with van der Waals surface area (Å²) in [6.45, 7) is 2.82. The normalized spacial score (nSPS) is 10.5. The fourth-order valence-corrected chi connectivity index (χ4v) is 2.10. The molecule has 0 N–H and O–H groups in total. The summed E-state index contributed by atoms with van der Waals surface area (Å²) < 4.78 is 15.4. The highest BCUT2D eigenvalue weighted by Gasteiger charge is 2.06. The summed E-state index contributed by atoms with van der Waals surface area (Å²) in [7, 11) is 1.31. The predicted octanol–water partition coefficient (Wildman–Crippen LogP) is 4.27. The van der Waals surface area contributed by atoms with Crippen molar-refractivity contribution in [2.75, 3.05) is 13.7 Å². The number of carbonyl (C=O) groups is 2. The lowest BCUT2D eigenvalue weighted by molar-refractivity contribution is -0.128. The van der Waals surface area contributed by atoms with E-state index in [1.165, 1.54) is 25.3 Å². The van der Waals surface area contributed by atoms with Crippen molar-refractivity contribution in [3.05, 3.63) is 65.7 Å². The average molecular weight is 354 g/mol. The predicted molar refractivity (Wildman–Crippen MR) is 99.3 cm³/mol. The Labute approximate surface area is 153 Å². The molecule has 0 aliphatic rings. The molecule has 0 bridgehead atoms. The number of hydrogen-bond acceptors (Lipinski definition) is 5. The first-order chi connectivity index (χ1) is 12.6. The van der Waals surface area contributed by atoms with Crippen LogP contribution >= 0.6 is 0 Å². The Morgan fingerprint density at radius 2 is 1.62 bits per heavy atom. The van der Waals surface area contributed by atoms with E-state index in [0.29, 0.717) is 17.9 Å². The average Bonchev–Trinajstić information content (AvgIpc) is 2.67. The molecule has 136 valence electrons. The Bertz CT molecular complexity index is 745. The molecule has 0 saturated carbocycles. The Kier molecular flexibility index (Phi) is 7.43. The maximum Gasteiger partial charge on any atom is 0.337 e. The van der Waals surface area contributed by atoms with Gasteiger partial charge in [0.05, 0.1) is 19.3 Å². The SMILES string of the molecule is CCCCOc1ccc(/C=C/C(=O)Oc2ccc(C(=O)OC)cc2)cc1. The first-order valence-corrected chi connectivity index (χ1v) is 8.43. The molecule has 0 fully saturated rings. The van der Waals surface area contributed by atoms with Gasteiger partial charge in [0, 0.05) is 6.08 Å². The molecule has 0 aromatic heterocycles. The Morgan fingerprint density at radius 3 is 2.23 bits per heavy atom. The lowest BCUT2D eigenvalue weighted by Gasteiger charge is -2.05. The third-order valence-electron chi connectivity index (χ3n) is 3.55. The van der Waals surface area contributed by atoms with Crippen LogP contribution in [-0.2, 0) is 9.53 Å². The van der Waals surface area contributed by atoms with E-state index < -0.39 is 11.9 Å². The second kappa shape index (κ2) is 10.0. The second-order valence-corrected chi connectivity index (χ2v) is 5.54. The van der Waals surface area contributed by atoms with Gasteiger partial charge < -0.3 is 14.2 Å². The fourth-order valence-electron chi connectivity index (χ4n) is 2.10. The smallest absolute Gasteiger partial charge is 0.337 e. The van der Waals surface area contributed by atoms with E-state index in [4.69, 9.17) is 9.47 Å². The molecule has 0 aliphatic carbocycles. The Balaban J connectivity index is 1.87. The van der Waals surface area contributed by atoms with Gasteiger partial charge in [-0.2, -0.15) is 0 Å². The van der Waals surface area contributed by atoms with Gasteiger partial charge in [-0.05, 0) is 54.5 Å². The molecule has 0 amide bonds. The standard InChI is InChI=1S/C21H22O5/c1-3-4-15-25-18-10-5-16(6-11-18)7-14-20(22)26-19-12-8-17(9-13-19)21(23)24-2/h5-14H,3-4,15H2,1-2H3/b14-7+. The van der Waals surface area contributed by atoms with E-state index >= 15 is 0 Å². The van der Waals surface area contributed by atoms with Gasteiger partial charge in [0.1, 0.15) is 11.5 Å². The monoisotopic (exact) mass is 354 g/mol. The summed E-state index contributed by atoms with van der Waals surface area (Å²) in [4.78, 5) is 23.2. The zero-order valence-corrected chi connectivity index (χ0v) is 14.9. The van der Waals surface area contributed by atoms with Crippen molar-refractivity contribution in [2.45, 2.75) is 19.8 Å². The fraction of sp³-hybridized carbons (Fsp3) is 0.238. The van der Waals surface area contributed by atoms with Gasteiger partial charge in [0.15, 0.2) is 0 Å². The van der Waals surface area contributed by atoms with Crippen molar-refractivity contribution in [1.29, 1.82) is 0 Å². The van der Waals surface area contributed by atoms with Crippen molar-refractivity contribution in [3.8, 4) is 11.5 Å². The van der Waals surface area contributed by atoms with Crippen LogP contribution in [0.25, 0.3) is 6.08 Å². The molecule has 5 heteroatoms. The van der Waals surface area contributed by atoms with E-state index in [0.717, 1.165) is 24.2 Å². The Morgan fingerprint density at radius 1 is 0.962 bits per heavy atom. The van der Waals surface area contributed by atoms with Crippen LogP contribution in [0.15, 0.2) is 54.6 Å². The lowest BCUT2D eigenvalue weighted by Crippen LogP contribution is -2.05. The number of rotatable bonds is 8. The molecule has 26 heavy (non-hydrogen) atoms. The first-order valence-electron chi connectivity index (χ1n) is 8.43. The van der Waals surface area contributed by atoms with Gasteiger partial charge in [-0.25, -0.2) is 9.59 Å². The topological polar surface area (TPSA) is 61.8 Å². The van der Waals surface area contributed by atoms with E-state index in [1.807, 2.05) is 24.3 Å². The van der Waals surface area contributed by atoms with Gasteiger partial charge in [-0.3, -0.25) is 0 Å². The van der Waals surface area contributed by atoms with Crippen molar-refractivity contribution < 1.29 is 23.8 Å². The van der Waals surface area contributed by atoms with E-state index in [-0.39, 0.29) is 0 Å². The number of methoxy groups -OCH3 is 1. The van der Waals surface area contributed by atoms with Gasteiger partial charge in [0.2, 0.25) is 0 Å². The summed E-state index contributed by atoms with van der Waals surface area (Å²) in [6.07, 6.45) is 5.13. The van der Waals surface area contributed by atoms with Crippen LogP contribution in [0.1, 0.15) is 35.7 Å². The molecule has 2 rings (SSSR count). The third-order valence-corrected chi connectivity index (χ3v) is 3.55. The van der Waals surface area contributed by atoms with Crippen LogP contribution in [0.2, 0.25) is 0 Å². The number of carbonyl (C=O) groups excluding carboxylic acids is 2. The molecule has 0 spiro atoms. The van der Waals surface area contributed by atoms with Gasteiger partial charge >= 0.3 is 11.9 Å². The molecule has 5 nitrogen and oxygen atoms in total. The molecular formula is C21H22O5. The van der Waals surface area contributed by atoms with E-state index in [9.17, 15) is 9.59 Å². The molecule has 0 heterocycles. The van der Waals surface area contributed by atoms with Crippen LogP contribution in [-0.4, -0.2) is 25.7 Å². The van der Waals surface area contributed by atoms with Crippen molar-refractivity contribution in [1.82, 2.24) is 0 Å². The number of unbranched alkanes of at least 4 members (excludes halogenated alkanes) is 1. The Hall–Kier alpha value is -3.08. The van der Waals surface area contributed by atoms with Crippen molar-refractivity contribution >= 4 is 18.0 Å². The van der Waals surface area contributed by atoms with Gasteiger partial charge in [-0.1, -0.05) is 25.5 Å². The van der Waals surface area contributed by atoms with Gasteiger partial charge in [-0.15, -0.1) is 0 Å². The molecule has 2 aromatic rings. The second-order valence-electron chi connectivity index (χ2n) is 5.54. The van der Waals surface area contributed by atoms with Gasteiger partial charge in [0.25, 0.3) is 0 Å². The zero-order chi connectivity index (χ0) is 18.8. The van der Waals surface area contributed by atoms with Crippen LogP contribution in [0.4, 0.5) is 0 Å². The highest BCUT2D eigenvalue weighted by Crippen LogP contribution is 2.15.